The maximum atomic E-state index is 11.2. The topological polar surface area (TPSA) is 20.3 Å². The van der Waals surface area contributed by atoms with Crippen molar-refractivity contribution in [3.05, 3.63) is 70.2 Å². The maximum Gasteiger partial charge on any atom is 0.129 e. The maximum absolute atomic E-state index is 11.2. The molecule has 0 heterocycles. The van der Waals surface area contributed by atoms with Gasteiger partial charge in [-0.2, -0.15) is 0 Å². The number of hydrogen-bond donors (Lipinski definition) is 0. The van der Waals surface area contributed by atoms with Crippen molar-refractivity contribution in [2.24, 2.45) is 0 Å². The van der Waals surface area contributed by atoms with E-state index in [4.69, 9.17) is 0 Å². The standard InChI is InChI=1S/C19H22BrNO/c1-16(22)8-7-13-21(14-17-9-3-2-4-10-17)15-18-11-5-6-12-19(18)20/h2-6,9-12H,7-8,13-15H2,1H3. The molecule has 0 fully saturated rings. The van der Waals surface area contributed by atoms with Crippen LogP contribution < -0.4 is 0 Å². The number of carbonyl (C=O) groups is 1. The van der Waals surface area contributed by atoms with Gasteiger partial charge in [-0.3, -0.25) is 4.90 Å². The first-order valence-corrected chi connectivity index (χ1v) is 8.43. The molecule has 0 radical (unpaired) electrons. The van der Waals surface area contributed by atoms with Crippen LogP contribution in [0.5, 0.6) is 0 Å². The highest BCUT2D eigenvalue weighted by Crippen LogP contribution is 2.19. The van der Waals surface area contributed by atoms with Gasteiger partial charge in [-0.05, 0) is 37.1 Å². The molecule has 0 spiro atoms. The van der Waals surface area contributed by atoms with E-state index in [2.05, 4.69) is 63.3 Å². The minimum Gasteiger partial charge on any atom is -0.300 e. The Kier molecular flexibility index (Phi) is 6.81. The normalized spacial score (nSPS) is 10.9. The Bertz CT molecular complexity index is 597. The van der Waals surface area contributed by atoms with Crippen LogP contribution in [0, 0.1) is 0 Å². The van der Waals surface area contributed by atoms with Gasteiger partial charge in [-0.1, -0.05) is 64.5 Å². The van der Waals surface area contributed by atoms with E-state index in [1.807, 2.05) is 12.1 Å². The van der Waals surface area contributed by atoms with Gasteiger partial charge < -0.3 is 4.79 Å². The summed E-state index contributed by atoms with van der Waals surface area (Å²) in [7, 11) is 0. The molecule has 0 atom stereocenters. The first-order valence-electron chi connectivity index (χ1n) is 7.64. The van der Waals surface area contributed by atoms with E-state index in [1.165, 1.54) is 11.1 Å². The Balaban J connectivity index is 2.03. The molecule has 0 bridgehead atoms. The molecular weight excluding hydrogens is 338 g/mol. The predicted molar refractivity (Wildman–Crippen MR) is 94.6 cm³/mol. The molecule has 0 aliphatic carbocycles. The lowest BCUT2D eigenvalue weighted by molar-refractivity contribution is -0.117. The van der Waals surface area contributed by atoms with E-state index in [-0.39, 0.29) is 5.78 Å². The number of carbonyl (C=O) groups excluding carboxylic acids is 1. The van der Waals surface area contributed by atoms with Crippen molar-refractivity contribution in [2.45, 2.75) is 32.9 Å². The molecule has 0 saturated heterocycles. The molecule has 0 aliphatic rings. The molecule has 0 amide bonds. The Labute approximate surface area is 141 Å². The van der Waals surface area contributed by atoms with Crippen molar-refractivity contribution < 1.29 is 4.79 Å². The summed E-state index contributed by atoms with van der Waals surface area (Å²) in [6, 6.07) is 18.8. The smallest absolute Gasteiger partial charge is 0.129 e. The van der Waals surface area contributed by atoms with Crippen molar-refractivity contribution in [3.8, 4) is 0 Å². The Morgan fingerprint density at radius 1 is 1.00 bits per heavy atom. The number of Topliss-reactive ketones (excluding diaryl/α,β-unsaturated/α-hetero) is 1. The molecule has 0 aromatic heterocycles. The molecule has 0 unspecified atom stereocenters. The van der Waals surface area contributed by atoms with Gasteiger partial charge in [0.2, 0.25) is 0 Å². The Morgan fingerprint density at radius 2 is 1.68 bits per heavy atom. The zero-order chi connectivity index (χ0) is 15.8. The second kappa shape index (κ2) is 8.86. The predicted octanol–water partition coefficient (Wildman–Crippen LogP) is 4.82. The number of halogens is 1. The average Bonchev–Trinajstić information content (AvgIpc) is 2.50. The van der Waals surface area contributed by atoms with Crippen molar-refractivity contribution in [3.63, 3.8) is 0 Å². The molecule has 2 rings (SSSR count). The number of hydrogen-bond acceptors (Lipinski definition) is 2. The first-order chi connectivity index (χ1) is 10.6. The van der Waals surface area contributed by atoms with Gasteiger partial charge in [-0.15, -0.1) is 0 Å². The van der Waals surface area contributed by atoms with Crippen LogP contribution in [0.4, 0.5) is 0 Å². The third-order valence-corrected chi connectivity index (χ3v) is 4.38. The van der Waals surface area contributed by atoms with Crippen LogP contribution in [0.25, 0.3) is 0 Å². The van der Waals surface area contributed by atoms with Crippen molar-refractivity contribution in [1.29, 1.82) is 0 Å². The SMILES string of the molecule is CC(=O)CCCN(Cc1ccccc1)Cc1ccccc1Br. The largest absolute Gasteiger partial charge is 0.300 e. The Morgan fingerprint density at radius 3 is 2.36 bits per heavy atom. The van der Waals surface area contributed by atoms with Crippen molar-refractivity contribution in [2.75, 3.05) is 6.54 Å². The lowest BCUT2D eigenvalue weighted by Crippen LogP contribution is -2.24. The lowest BCUT2D eigenvalue weighted by atomic mass is 10.1. The monoisotopic (exact) mass is 359 g/mol. The van der Waals surface area contributed by atoms with Crippen LogP contribution in [0.1, 0.15) is 30.9 Å². The van der Waals surface area contributed by atoms with Gasteiger partial charge in [0.05, 0.1) is 0 Å². The summed E-state index contributed by atoms with van der Waals surface area (Å²) in [6.45, 7) is 4.37. The fourth-order valence-electron chi connectivity index (χ4n) is 2.47. The van der Waals surface area contributed by atoms with Crippen LogP contribution >= 0.6 is 15.9 Å². The highest BCUT2D eigenvalue weighted by atomic mass is 79.9. The van der Waals surface area contributed by atoms with E-state index in [1.54, 1.807) is 6.92 Å². The third-order valence-electron chi connectivity index (χ3n) is 3.60. The van der Waals surface area contributed by atoms with Gasteiger partial charge in [0.1, 0.15) is 5.78 Å². The summed E-state index contributed by atoms with van der Waals surface area (Å²) in [6.07, 6.45) is 1.56. The average molecular weight is 360 g/mol. The summed E-state index contributed by atoms with van der Waals surface area (Å²) in [5.41, 5.74) is 2.58. The number of rotatable bonds is 8. The molecule has 2 aromatic carbocycles. The summed E-state index contributed by atoms with van der Waals surface area (Å²) >= 11 is 3.62. The van der Waals surface area contributed by atoms with E-state index < -0.39 is 0 Å². The van der Waals surface area contributed by atoms with E-state index in [0.717, 1.165) is 30.5 Å². The third kappa shape index (κ3) is 5.74. The molecule has 0 aliphatic heterocycles. The molecule has 0 N–H and O–H groups in total. The molecule has 2 nitrogen and oxygen atoms in total. The minimum absolute atomic E-state index is 0.264. The lowest BCUT2D eigenvalue weighted by Gasteiger charge is -2.23. The molecule has 22 heavy (non-hydrogen) atoms. The van der Waals surface area contributed by atoms with Gasteiger partial charge in [0.25, 0.3) is 0 Å². The second-order valence-corrected chi connectivity index (χ2v) is 6.45. The molecule has 116 valence electrons. The Hall–Kier alpha value is -1.45. The molecule has 0 saturated carbocycles. The fraction of sp³-hybridized carbons (Fsp3) is 0.316. The van der Waals surface area contributed by atoms with Crippen LogP contribution in [-0.2, 0) is 17.9 Å². The van der Waals surface area contributed by atoms with E-state index in [9.17, 15) is 4.79 Å². The number of nitrogens with zero attached hydrogens (tertiary/aromatic N) is 1. The van der Waals surface area contributed by atoms with Gasteiger partial charge in [-0.25, -0.2) is 0 Å². The number of benzene rings is 2. The number of ketones is 1. The fourth-order valence-corrected chi connectivity index (χ4v) is 2.88. The van der Waals surface area contributed by atoms with Gasteiger partial charge in [0, 0.05) is 24.0 Å². The van der Waals surface area contributed by atoms with Crippen LogP contribution in [0.3, 0.4) is 0 Å². The molecular formula is C19H22BrNO. The minimum atomic E-state index is 0.264. The zero-order valence-electron chi connectivity index (χ0n) is 13.0. The van der Waals surface area contributed by atoms with Crippen LogP contribution in [0.2, 0.25) is 0 Å². The van der Waals surface area contributed by atoms with Gasteiger partial charge >= 0.3 is 0 Å². The quantitative estimate of drug-likeness (QED) is 0.673. The van der Waals surface area contributed by atoms with Crippen LogP contribution in [0.15, 0.2) is 59.1 Å². The summed E-state index contributed by atoms with van der Waals surface area (Å²) in [4.78, 5) is 13.6. The molecule has 3 heteroatoms. The summed E-state index contributed by atoms with van der Waals surface area (Å²) in [5, 5.41) is 0. The van der Waals surface area contributed by atoms with Crippen LogP contribution in [-0.4, -0.2) is 17.2 Å². The summed E-state index contributed by atoms with van der Waals surface area (Å²) in [5.74, 6) is 0.264. The zero-order valence-corrected chi connectivity index (χ0v) is 14.6. The van der Waals surface area contributed by atoms with Crippen molar-refractivity contribution in [1.82, 2.24) is 4.90 Å². The highest BCUT2D eigenvalue weighted by Gasteiger charge is 2.09. The second-order valence-electron chi connectivity index (χ2n) is 5.59. The van der Waals surface area contributed by atoms with E-state index in [0.29, 0.717) is 6.42 Å². The highest BCUT2D eigenvalue weighted by molar-refractivity contribution is 9.10. The van der Waals surface area contributed by atoms with Crippen molar-refractivity contribution >= 4 is 21.7 Å². The molecule has 2 aromatic rings. The van der Waals surface area contributed by atoms with E-state index >= 15 is 0 Å². The first kappa shape index (κ1) is 16.9. The summed E-state index contributed by atoms with van der Waals surface area (Å²) < 4.78 is 1.14. The van der Waals surface area contributed by atoms with Gasteiger partial charge in [0.15, 0.2) is 0 Å².